The van der Waals surface area contributed by atoms with Crippen molar-refractivity contribution in [1.29, 1.82) is 0 Å². The number of carbonyl (C=O) groups is 1. The van der Waals surface area contributed by atoms with Gasteiger partial charge in [-0.3, -0.25) is 4.79 Å². The minimum absolute atomic E-state index is 0.0282. The Morgan fingerprint density at radius 2 is 1.81 bits per heavy atom. The standard InChI is InChI=1S/C33H55BrO2/c1-23(2)10-9-11-24(3)28-15-16-29-27-14-13-25-22-26(36-31(35)12-7-6-8-21-34)17-19-32(25,4)30(27)18-20-33(28,29)5/h13,23-24,26-30H,6-12,14-22H2,1-5H3/t24-,26+,27+,28-,29+,30?,32+,33-/m1/s1. The zero-order valence-electron chi connectivity index (χ0n) is 24.1. The third-order valence-corrected chi connectivity index (χ3v) is 12.1. The average Bonchev–Trinajstić information content (AvgIpc) is 3.19. The summed E-state index contributed by atoms with van der Waals surface area (Å²) < 4.78 is 5.98. The summed E-state index contributed by atoms with van der Waals surface area (Å²) in [6.45, 7) is 12.6. The quantitative estimate of drug-likeness (QED) is 0.108. The highest BCUT2D eigenvalue weighted by molar-refractivity contribution is 9.09. The number of alkyl halides is 1. The molecule has 0 bridgehead atoms. The summed E-state index contributed by atoms with van der Waals surface area (Å²) in [6, 6.07) is 0. The number of esters is 1. The molecule has 0 spiro atoms. The Morgan fingerprint density at radius 3 is 2.56 bits per heavy atom. The van der Waals surface area contributed by atoms with Crippen molar-refractivity contribution in [3.05, 3.63) is 11.6 Å². The van der Waals surface area contributed by atoms with E-state index in [4.69, 9.17) is 4.74 Å². The molecule has 206 valence electrons. The normalized spacial score (nSPS) is 38.6. The van der Waals surface area contributed by atoms with Crippen LogP contribution < -0.4 is 0 Å². The molecule has 4 aliphatic carbocycles. The molecule has 0 aromatic rings. The molecule has 0 amide bonds. The first kappa shape index (κ1) is 28.7. The van der Waals surface area contributed by atoms with E-state index < -0.39 is 0 Å². The molecule has 0 aromatic carbocycles. The van der Waals surface area contributed by atoms with E-state index >= 15 is 0 Å². The van der Waals surface area contributed by atoms with Crippen LogP contribution >= 0.6 is 15.9 Å². The second kappa shape index (κ2) is 12.3. The number of hydrogen-bond donors (Lipinski definition) is 0. The van der Waals surface area contributed by atoms with E-state index in [1.165, 1.54) is 57.8 Å². The highest BCUT2D eigenvalue weighted by atomic mass is 79.9. The predicted octanol–water partition coefficient (Wildman–Crippen LogP) is 9.89. The number of rotatable bonds is 11. The topological polar surface area (TPSA) is 26.3 Å². The Kier molecular flexibility index (Phi) is 9.76. The smallest absolute Gasteiger partial charge is 0.306 e. The SMILES string of the molecule is CC(C)CCC[C@@H](C)[C@H]1CC[C@H]2[C@@H]3CC=C4C[C@@H](OC(=O)CCCCCBr)CC[C@]4(C)C3CC[C@]12C. The van der Waals surface area contributed by atoms with Crippen LogP contribution in [0.4, 0.5) is 0 Å². The van der Waals surface area contributed by atoms with E-state index in [1.807, 2.05) is 0 Å². The molecule has 36 heavy (non-hydrogen) atoms. The minimum Gasteiger partial charge on any atom is -0.462 e. The van der Waals surface area contributed by atoms with Crippen molar-refractivity contribution in [2.45, 2.75) is 137 Å². The Balaban J connectivity index is 1.36. The number of unbranched alkanes of at least 4 members (excludes halogenated alkanes) is 2. The summed E-state index contributed by atoms with van der Waals surface area (Å²) in [6.07, 6.45) is 21.1. The summed E-state index contributed by atoms with van der Waals surface area (Å²) in [5.74, 6) is 5.30. The number of carbonyl (C=O) groups excluding carboxylic acids is 1. The molecule has 0 radical (unpaired) electrons. The zero-order chi connectivity index (χ0) is 25.9. The number of ether oxygens (including phenoxy) is 1. The van der Waals surface area contributed by atoms with Gasteiger partial charge in [-0.05, 0) is 104 Å². The van der Waals surface area contributed by atoms with E-state index in [0.717, 1.165) is 72.9 Å². The maximum atomic E-state index is 12.4. The van der Waals surface area contributed by atoms with Crippen LogP contribution in [0, 0.1) is 46.3 Å². The molecule has 4 rings (SSSR count). The molecular weight excluding hydrogens is 508 g/mol. The van der Waals surface area contributed by atoms with Crippen molar-refractivity contribution in [3.8, 4) is 0 Å². The average molecular weight is 564 g/mol. The van der Waals surface area contributed by atoms with E-state index in [2.05, 4.69) is 56.6 Å². The highest BCUT2D eigenvalue weighted by Crippen LogP contribution is 2.67. The van der Waals surface area contributed by atoms with Crippen molar-refractivity contribution < 1.29 is 9.53 Å². The van der Waals surface area contributed by atoms with Crippen LogP contribution in [0.3, 0.4) is 0 Å². The second-order valence-corrected chi connectivity index (χ2v) is 14.9. The summed E-state index contributed by atoms with van der Waals surface area (Å²) in [7, 11) is 0. The molecular formula is C33H55BrO2. The fourth-order valence-corrected chi connectivity index (χ4v) is 9.93. The van der Waals surface area contributed by atoms with Crippen LogP contribution in [0.15, 0.2) is 11.6 Å². The van der Waals surface area contributed by atoms with Gasteiger partial charge in [0, 0.05) is 18.2 Å². The lowest BCUT2D eigenvalue weighted by Crippen LogP contribution is -2.51. The van der Waals surface area contributed by atoms with Crippen LogP contribution in [0.1, 0.15) is 131 Å². The molecule has 2 nitrogen and oxygen atoms in total. The molecule has 0 saturated heterocycles. The van der Waals surface area contributed by atoms with E-state index in [0.29, 0.717) is 17.3 Å². The van der Waals surface area contributed by atoms with Crippen LogP contribution in [0.5, 0.6) is 0 Å². The van der Waals surface area contributed by atoms with Gasteiger partial charge in [0.05, 0.1) is 0 Å². The molecule has 1 unspecified atom stereocenters. The van der Waals surface area contributed by atoms with Crippen LogP contribution in [-0.2, 0) is 9.53 Å². The van der Waals surface area contributed by atoms with Gasteiger partial charge >= 0.3 is 5.97 Å². The van der Waals surface area contributed by atoms with Gasteiger partial charge in [-0.2, -0.15) is 0 Å². The fourth-order valence-electron chi connectivity index (χ4n) is 9.54. The first-order valence-electron chi connectivity index (χ1n) is 15.6. The summed E-state index contributed by atoms with van der Waals surface area (Å²) in [5, 5.41) is 1.03. The first-order chi connectivity index (χ1) is 17.2. The van der Waals surface area contributed by atoms with Gasteiger partial charge in [0.2, 0.25) is 0 Å². The lowest BCUT2D eigenvalue weighted by molar-refractivity contribution is -0.151. The lowest BCUT2D eigenvalue weighted by Gasteiger charge is -2.58. The van der Waals surface area contributed by atoms with Gasteiger partial charge in [-0.25, -0.2) is 0 Å². The third-order valence-electron chi connectivity index (χ3n) is 11.6. The van der Waals surface area contributed by atoms with Crippen LogP contribution in [0.25, 0.3) is 0 Å². The zero-order valence-corrected chi connectivity index (χ0v) is 25.7. The first-order valence-corrected chi connectivity index (χ1v) is 16.8. The number of allylic oxidation sites excluding steroid dienone is 1. The fraction of sp³-hybridized carbons (Fsp3) is 0.909. The molecule has 0 N–H and O–H groups in total. The molecule has 3 saturated carbocycles. The summed E-state index contributed by atoms with van der Waals surface area (Å²) in [5.41, 5.74) is 2.53. The van der Waals surface area contributed by atoms with Crippen molar-refractivity contribution in [2.75, 3.05) is 5.33 Å². The maximum Gasteiger partial charge on any atom is 0.306 e. The Bertz CT molecular complexity index is 774. The maximum absolute atomic E-state index is 12.4. The summed E-state index contributed by atoms with van der Waals surface area (Å²) in [4.78, 5) is 12.4. The molecule has 3 heteroatoms. The predicted molar refractivity (Wildman–Crippen MR) is 155 cm³/mol. The second-order valence-electron chi connectivity index (χ2n) is 14.1. The van der Waals surface area contributed by atoms with E-state index in [-0.39, 0.29) is 12.1 Å². The molecule has 0 aliphatic heterocycles. The number of hydrogen-bond acceptors (Lipinski definition) is 2. The molecule has 0 aromatic heterocycles. The van der Waals surface area contributed by atoms with Crippen molar-refractivity contribution in [2.24, 2.45) is 46.3 Å². The molecule has 0 heterocycles. The molecule has 4 aliphatic rings. The number of halogens is 1. The van der Waals surface area contributed by atoms with E-state index in [9.17, 15) is 4.79 Å². The van der Waals surface area contributed by atoms with Gasteiger partial charge in [-0.15, -0.1) is 0 Å². The highest BCUT2D eigenvalue weighted by Gasteiger charge is 2.59. The lowest BCUT2D eigenvalue weighted by atomic mass is 9.47. The van der Waals surface area contributed by atoms with Gasteiger partial charge < -0.3 is 4.74 Å². The van der Waals surface area contributed by atoms with Crippen molar-refractivity contribution in [3.63, 3.8) is 0 Å². The minimum atomic E-state index is 0.0282. The number of fused-ring (bicyclic) bond motifs is 5. The monoisotopic (exact) mass is 562 g/mol. The van der Waals surface area contributed by atoms with Gasteiger partial charge in [0.15, 0.2) is 0 Å². The Hall–Kier alpha value is -0.310. The third kappa shape index (κ3) is 5.96. The van der Waals surface area contributed by atoms with E-state index in [1.54, 1.807) is 5.57 Å². The van der Waals surface area contributed by atoms with Gasteiger partial charge in [0.1, 0.15) is 6.10 Å². The van der Waals surface area contributed by atoms with Gasteiger partial charge in [-0.1, -0.05) is 87.9 Å². The Morgan fingerprint density at radius 1 is 1.00 bits per heavy atom. The van der Waals surface area contributed by atoms with Crippen molar-refractivity contribution in [1.82, 2.24) is 0 Å². The van der Waals surface area contributed by atoms with Crippen LogP contribution in [-0.4, -0.2) is 17.4 Å². The largest absolute Gasteiger partial charge is 0.462 e. The molecule has 8 atom stereocenters. The van der Waals surface area contributed by atoms with Crippen LogP contribution in [0.2, 0.25) is 0 Å². The van der Waals surface area contributed by atoms with Gasteiger partial charge in [0.25, 0.3) is 0 Å². The summed E-state index contributed by atoms with van der Waals surface area (Å²) >= 11 is 3.48. The molecule has 3 fully saturated rings. The Labute approximate surface area is 231 Å². The van der Waals surface area contributed by atoms with Crippen molar-refractivity contribution >= 4 is 21.9 Å².